The third-order valence-corrected chi connectivity index (χ3v) is 3.87. The molecule has 0 atom stereocenters. The fourth-order valence-electron chi connectivity index (χ4n) is 2.77. The molecule has 1 aliphatic rings. The van der Waals surface area contributed by atoms with Crippen LogP contribution in [0.3, 0.4) is 0 Å². The third kappa shape index (κ3) is 2.55. The number of rotatable bonds is 3. The number of hydrogen-bond acceptors (Lipinski definition) is 3. The van der Waals surface area contributed by atoms with Crippen LogP contribution in [0.1, 0.15) is 68.4 Å². The summed E-state index contributed by atoms with van der Waals surface area (Å²) in [6, 6.07) is -0.357. The molecule has 2 rings (SSSR count). The number of carbonyl (C=O) groups is 1. The van der Waals surface area contributed by atoms with Crippen molar-refractivity contribution < 1.29 is 9.90 Å². The van der Waals surface area contributed by atoms with Crippen LogP contribution < -0.4 is 11.2 Å². The summed E-state index contributed by atoms with van der Waals surface area (Å²) in [5.74, 6) is -1.28. The van der Waals surface area contributed by atoms with Crippen LogP contribution in [-0.2, 0) is 0 Å². The molecule has 0 radical (unpaired) electrons. The molecule has 0 aliphatic heterocycles. The zero-order chi connectivity index (χ0) is 14.9. The number of nitrogens with zero attached hydrogens (tertiary/aromatic N) is 2. The van der Waals surface area contributed by atoms with Crippen molar-refractivity contribution in [1.82, 2.24) is 9.13 Å². The minimum atomic E-state index is -1.28. The van der Waals surface area contributed by atoms with E-state index in [0.29, 0.717) is 0 Å². The van der Waals surface area contributed by atoms with Gasteiger partial charge in [0.25, 0.3) is 5.56 Å². The number of carboxylic acids is 1. The molecule has 0 unspecified atom stereocenters. The third-order valence-electron chi connectivity index (χ3n) is 3.87. The van der Waals surface area contributed by atoms with Gasteiger partial charge in [0, 0.05) is 18.3 Å². The van der Waals surface area contributed by atoms with Crippen LogP contribution in [0.5, 0.6) is 0 Å². The summed E-state index contributed by atoms with van der Waals surface area (Å²) in [6.07, 6.45) is 5.72. The highest BCUT2D eigenvalue weighted by molar-refractivity contribution is 5.86. The Bertz CT molecular complexity index is 621. The van der Waals surface area contributed by atoms with E-state index < -0.39 is 17.2 Å². The lowest BCUT2D eigenvalue weighted by atomic mass is 9.95. The summed E-state index contributed by atoms with van der Waals surface area (Å²) in [6.45, 7) is 3.59. The highest BCUT2D eigenvalue weighted by Gasteiger charge is 2.24. The Balaban J connectivity index is 2.67. The first-order chi connectivity index (χ1) is 9.43. The van der Waals surface area contributed by atoms with Crippen molar-refractivity contribution in [2.75, 3.05) is 0 Å². The highest BCUT2D eigenvalue weighted by atomic mass is 16.4. The number of hydrogen-bond donors (Lipinski definition) is 1. The number of aromatic carboxylic acids is 1. The summed E-state index contributed by atoms with van der Waals surface area (Å²) < 4.78 is 2.49. The van der Waals surface area contributed by atoms with Crippen molar-refractivity contribution in [2.24, 2.45) is 0 Å². The summed E-state index contributed by atoms with van der Waals surface area (Å²) in [7, 11) is 0. The fraction of sp³-hybridized carbons (Fsp3) is 0.643. The molecule has 20 heavy (non-hydrogen) atoms. The minimum absolute atomic E-state index is 0.173. The molecule has 0 bridgehead atoms. The van der Waals surface area contributed by atoms with E-state index in [1.54, 1.807) is 13.8 Å². The highest BCUT2D eigenvalue weighted by Crippen LogP contribution is 2.26. The first-order valence-electron chi connectivity index (χ1n) is 7.04. The lowest BCUT2D eigenvalue weighted by Crippen LogP contribution is -2.45. The Hall–Kier alpha value is -1.85. The molecule has 0 spiro atoms. The monoisotopic (exact) mass is 280 g/mol. The van der Waals surface area contributed by atoms with E-state index in [2.05, 4.69) is 0 Å². The molecular formula is C14H20N2O4. The minimum Gasteiger partial charge on any atom is -0.477 e. The van der Waals surface area contributed by atoms with E-state index >= 15 is 0 Å². The van der Waals surface area contributed by atoms with Gasteiger partial charge in [-0.25, -0.2) is 9.59 Å². The quantitative estimate of drug-likeness (QED) is 0.915. The average Bonchev–Trinajstić information content (AvgIpc) is 2.39. The molecular weight excluding hydrogens is 260 g/mol. The molecule has 1 aromatic rings. The molecule has 0 aromatic carbocycles. The molecule has 0 amide bonds. The normalized spacial score (nSPS) is 16.6. The fourth-order valence-corrected chi connectivity index (χ4v) is 2.77. The van der Waals surface area contributed by atoms with Crippen LogP contribution in [0, 0.1) is 0 Å². The summed E-state index contributed by atoms with van der Waals surface area (Å²) in [5.41, 5.74) is -1.41. The maximum Gasteiger partial charge on any atom is 0.342 e. The lowest BCUT2D eigenvalue weighted by molar-refractivity contribution is 0.0692. The van der Waals surface area contributed by atoms with Crippen LogP contribution in [0.4, 0.5) is 0 Å². The maximum absolute atomic E-state index is 12.4. The van der Waals surface area contributed by atoms with Gasteiger partial charge in [-0.2, -0.15) is 0 Å². The lowest BCUT2D eigenvalue weighted by Gasteiger charge is -2.25. The van der Waals surface area contributed by atoms with Crippen molar-refractivity contribution in [2.45, 2.75) is 58.0 Å². The second kappa shape index (κ2) is 5.64. The van der Waals surface area contributed by atoms with Gasteiger partial charge in [0.1, 0.15) is 5.56 Å². The second-order valence-corrected chi connectivity index (χ2v) is 5.60. The second-order valence-electron chi connectivity index (χ2n) is 5.60. The number of carboxylic acid groups (broad SMARTS) is 1. The van der Waals surface area contributed by atoms with Gasteiger partial charge in [-0.3, -0.25) is 13.9 Å². The van der Waals surface area contributed by atoms with Gasteiger partial charge in [0.2, 0.25) is 0 Å². The van der Waals surface area contributed by atoms with Crippen LogP contribution in [0.15, 0.2) is 15.8 Å². The molecule has 1 fully saturated rings. The molecule has 1 N–H and O–H groups in total. The number of aromatic nitrogens is 2. The molecule has 1 heterocycles. The van der Waals surface area contributed by atoms with Gasteiger partial charge in [-0.15, -0.1) is 0 Å². The largest absolute Gasteiger partial charge is 0.477 e. The van der Waals surface area contributed by atoms with E-state index in [9.17, 15) is 14.4 Å². The smallest absolute Gasteiger partial charge is 0.342 e. The summed E-state index contributed by atoms with van der Waals surface area (Å²) in [5, 5.41) is 9.16. The van der Waals surface area contributed by atoms with E-state index in [-0.39, 0.29) is 17.6 Å². The molecule has 110 valence electrons. The van der Waals surface area contributed by atoms with Crippen LogP contribution >= 0.6 is 0 Å². The van der Waals surface area contributed by atoms with Crippen molar-refractivity contribution in [1.29, 1.82) is 0 Å². The molecule has 1 aliphatic carbocycles. The topological polar surface area (TPSA) is 81.3 Å². The zero-order valence-corrected chi connectivity index (χ0v) is 11.8. The van der Waals surface area contributed by atoms with Gasteiger partial charge >= 0.3 is 11.7 Å². The van der Waals surface area contributed by atoms with Crippen LogP contribution in [0.2, 0.25) is 0 Å². The Labute approximate surface area is 116 Å². The van der Waals surface area contributed by atoms with E-state index in [4.69, 9.17) is 5.11 Å². The maximum atomic E-state index is 12.4. The summed E-state index contributed by atoms with van der Waals surface area (Å²) >= 11 is 0. The first-order valence-corrected chi connectivity index (χ1v) is 7.04. The Morgan fingerprint density at radius 3 is 2.35 bits per heavy atom. The molecule has 1 saturated carbocycles. The van der Waals surface area contributed by atoms with E-state index in [1.165, 1.54) is 4.57 Å². The first kappa shape index (κ1) is 14.6. The van der Waals surface area contributed by atoms with Crippen molar-refractivity contribution in [3.63, 3.8) is 0 Å². The van der Waals surface area contributed by atoms with E-state index in [0.717, 1.165) is 42.9 Å². The van der Waals surface area contributed by atoms with Crippen molar-refractivity contribution in [3.05, 3.63) is 32.6 Å². The Morgan fingerprint density at radius 2 is 1.85 bits per heavy atom. The van der Waals surface area contributed by atoms with Gasteiger partial charge < -0.3 is 5.11 Å². The summed E-state index contributed by atoms with van der Waals surface area (Å²) in [4.78, 5) is 35.9. The zero-order valence-electron chi connectivity index (χ0n) is 11.8. The van der Waals surface area contributed by atoms with Crippen LogP contribution in [0.25, 0.3) is 0 Å². The Kier molecular flexibility index (Phi) is 4.11. The van der Waals surface area contributed by atoms with Crippen molar-refractivity contribution in [3.8, 4) is 0 Å². The predicted octanol–water partition coefficient (Wildman–Crippen LogP) is 1.79. The van der Waals surface area contributed by atoms with Gasteiger partial charge in [0.05, 0.1) is 0 Å². The molecule has 0 saturated heterocycles. The van der Waals surface area contributed by atoms with Gasteiger partial charge in [-0.1, -0.05) is 19.3 Å². The van der Waals surface area contributed by atoms with Crippen LogP contribution in [-0.4, -0.2) is 20.2 Å². The van der Waals surface area contributed by atoms with E-state index in [1.807, 2.05) is 0 Å². The molecule has 6 nitrogen and oxygen atoms in total. The molecule has 6 heteroatoms. The van der Waals surface area contributed by atoms with Gasteiger partial charge in [0.15, 0.2) is 0 Å². The van der Waals surface area contributed by atoms with Gasteiger partial charge in [-0.05, 0) is 26.7 Å². The molecule has 1 aromatic heterocycles. The standard InChI is InChI=1S/C14H20N2O4/c1-9(2)15-8-11(13(18)19)12(17)16(14(15)20)10-6-4-3-5-7-10/h8-10H,3-7H2,1-2H3,(H,18,19). The predicted molar refractivity (Wildman–Crippen MR) is 74.4 cm³/mol. The Morgan fingerprint density at radius 1 is 1.25 bits per heavy atom. The SMILES string of the molecule is CC(C)n1cc(C(=O)O)c(=O)n(C2CCCCC2)c1=O. The average molecular weight is 280 g/mol. The van der Waals surface area contributed by atoms with Crippen molar-refractivity contribution >= 4 is 5.97 Å².